The molecule has 2 N–H and O–H groups in total. The standard InChI is InChI=1S/C8H9ClF2N2O/c1-14-6-5(8(10)11)2-4(3-12)13-7(6)9/h2,8H,3,12H2,1H3. The van der Waals surface area contributed by atoms with E-state index in [9.17, 15) is 8.78 Å². The number of rotatable bonds is 3. The van der Waals surface area contributed by atoms with Crippen molar-refractivity contribution < 1.29 is 13.5 Å². The Kier molecular flexibility index (Phi) is 3.60. The molecule has 1 aromatic heterocycles. The highest BCUT2D eigenvalue weighted by Crippen LogP contribution is 2.34. The van der Waals surface area contributed by atoms with Crippen LogP contribution in [-0.4, -0.2) is 12.1 Å². The minimum Gasteiger partial charge on any atom is -0.493 e. The Labute approximate surface area is 84.8 Å². The van der Waals surface area contributed by atoms with Gasteiger partial charge in [0.05, 0.1) is 18.4 Å². The van der Waals surface area contributed by atoms with Gasteiger partial charge in [0, 0.05) is 6.54 Å². The molecule has 0 atom stereocenters. The van der Waals surface area contributed by atoms with Crippen molar-refractivity contribution in [1.29, 1.82) is 0 Å². The van der Waals surface area contributed by atoms with Gasteiger partial charge in [-0.05, 0) is 6.07 Å². The maximum absolute atomic E-state index is 12.5. The highest BCUT2D eigenvalue weighted by atomic mass is 35.5. The molecule has 0 aliphatic carbocycles. The average Bonchev–Trinajstić information content (AvgIpc) is 2.16. The van der Waals surface area contributed by atoms with E-state index in [-0.39, 0.29) is 23.0 Å². The molecule has 0 aliphatic rings. The lowest BCUT2D eigenvalue weighted by Gasteiger charge is -2.10. The number of hydrogen-bond donors (Lipinski definition) is 1. The first-order valence-corrected chi connectivity index (χ1v) is 4.19. The van der Waals surface area contributed by atoms with Gasteiger partial charge in [-0.25, -0.2) is 13.8 Å². The summed E-state index contributed by atoms with van der Waals surface area (Å²) < 4.78 is 29.7. The summed E-state index contributed by atoms with van der Waals surface area (Å²) in [4.78, 5) is 3.79. The van der Waals surface area contributed by atoms with E-state index in [1.54, 1.807) is 0 Å². The Bertz CT molecular complexity index is 333. The van der Waals surface area contributed by atoms with Crippen LogP contribution in [0.1, 0.15) is 17.7 Å². The van der Waals surface area contributed by atoms with Gasteiger partial charge in [-0.15, -0.1) is 0 Å². The third kappa shape index (κ3) is 2.10. The summed E-state index contributed by atoms with van der Waals surface area (Å²) in [6, 6.07) is 1.19. The van der Waals surface area contributed by atoms with Crippen LogP contribution in [0.2, 0.25) is 5.15 Å². The van der Waals surface area contributed by atoms with Gasteiger partial charge in [0.25, 0.3) is 6.43 Å². The van der Waals surface area contributed by atoms with Crippen molar-refractivity contribution in [2.75, 3.05) is 7.11 Å². The normalized spacial score (nSPS) is 10.7. The Morgan fingerprint density at radius 3 is 2.71 bits per heavy atom. The minimum absolute atomic E-state index is 0.0590. The molecule has 0 aromatic carbocycles. The lowest BCUT2D eigenvalue weighted by atomic mass is 10.2. The van der Waals surface area contributed by atoms with Crippen LogP contribution >= 0.6 is 11.6 Å². The first-order chi connectivity index (χ1) is 6.60. The van der Waals surface area contributed by atoms with Crippen molar-refractivity contribution in [3.05, 3.63) is 22.5 Å². The Morgan fingerprint density at radius 1 is 1.64 bits per heavy atom. The van der Waals surface area contributed by atoms with Crippen LogP contribution in [0.3, 0.4) is 0 Å². The molecule has 0 fully saturated rings. The Balaban J connectivity index is 3.28. The summed E-state index contributed by atoms with van der Waals surface area (Å²) in [5.41, 5.74) is 5.30. The second-order valence-electron chi connectivity index (χ2n) is 2.53. The molecule has 0 spiro atoms. The van der Waals surface area contributed by atoms with E-state index in [2.05, 4.69) is 4.98 Å². The fourth-order valence-corrected chi connectivity index (χ4v) is 1.34. The van der Waals surface area contributed by atoms with Crippen LogP contribution in [0.4, 0.5) is 8.78 Å². The zero-order chi connectivity index (χ0) is 10.7. The molecule has 1 aromatic rings. The molecule has 0 unspecified atom stereocenters. The van der Waals surface area contributed by atoms with Gasteiger partial charge in [0.1, 0.15) is 0 Å². The fraction of sp³-hybridized carbons (Fsp3) is 0.375. The molecule has 1 rings (SSSR count). The first kappa shape index (κ1) is 11.1. The molecule has 3 nitrogen and oxygen atoms in total. The molecule has 78 valence electrons. The molecule has 0 saturated carbocycles. The molecular formula is C8H9ClF2N2O. The molecular weight excluding hydrogens is 214 g/mol. The van der Waals surface area contributed by atoms with Gasteiger partial charge < -0.3 is 10.5 Å². The van der Waals surface area contributed by atoms with E-state index in [0.29, 0.717) is 5.69 Å². The molecule has 0 amide bonds. The van der Waals surface area contributed by atoms with E-state index in [1.807, 2.05) is 0 Å². The van der Waals surface area contributed by atoms with Crippen LogP contribution < -0.4 is 10.5 Å². The van der Waals surface area contributed by atoms with E-state index < -0.39 is 6.43 Å². The van der Waals surface area contributed by atoms with Crippen molar-refractivity contribution in [1.82, 2.24) is 4.98 Å². The predicted octanol–water partition coefficient (Wildman–Crippen LogP) is 2.14. The first-order valence-electron chi connectivity index (χ1n) is 3.81. The third-order valence-electron chi connectivity index (χ3n) is 1.66. The zero-order valence-electron chi connectivity index (χ0n) is 7.43. The van der Waals surface area contributed by atoms with Crippen molar-refractivity contribution in [2.45, 2.75) is 13.0 Å². The Morgan fingerprint density at radius 2 is 2.29 bits per heavy atom. The van der Waals surface area contributed by atoms with Crippen LogP contribution in [0.15, 0.2) is 6.07 Å². The summed E-state index contributed by atoms with van der Waals surface area (Å²) in [7, 11) is 1.26. The molecule has 0 radical (unpaired) electrons. The highest BCUT2D eigenvalue weighted by molar-refractivity contribution is 6.31. The lowest BCUT2D eigenvalue weighted by molar-refractivity contribution is 0.146. The van der Waals surface area contributed by atoms with Crippen molar-refractivity contribution in [2.24, 2.45) is 5.73 Å². The molecule has 0 saturated heterocycles. The van der Waals surface area contributed by atoms with Crippen molar-refractivity contribution >= 4 is 11.6 Å². The van der Waals surface area contributed by atoms with Crippen LogP contribution in [0, 0.1) is 0 Å². The second kappa shape index (κ2) is 4.52. The SMILES string of the molecule is COc1c(C(F)F)cc(CN)nc1Cl. The predicted molar refractivity (Wildman–Crippen MR) is 48.6 cm³/mol. The number of ether oxygens (including phenoxy) is 1. The van der Waals surface area contributed by atoms with Crippen LogP contribution in [-0.2, 0) is 6.54 Å². The van der Waals surface area contributed by atoms with Gasteiger partial charge in [0.2, 0.25) is 0 Å². The van der Waals surface area contributed by atoms with Gasteiger partial charge in [-0.2, -0.15) is 0 Å². The second-order valence-corrected chi connectivity index (χ2v) is 2.89. The van der Waals surface area contributed by atoms with Gasteiger partial charge in [0.15, 0.2) is 10.9 Å². The smallest absolute Gasteiger partial charge is 0.267 e. The Hall–Kier alpha value is -0.940. The van der Waals surface area contributed by atoms with E-state index in [0.717, 1.165) is 0 Å². The monoisotopic (exact) mass is 222 g/mol. The maximum Gasteiger partial charge on any atom is 0.267 e. The molecule has 0 bridgehead atoms. The summed E-state index contributed by atoms with van der Waals surface area (Å²) in [6.07, 6.45) is -2.66. The molecule has 14 heavy (non-hydrogen) atoms. The third-order valence-corrected chi connectivity index (χ3v) is 1.92. The van der Waals surface area contributed by atoms with Crippen molar-refractivity contribution in [3.63, 3.8) is 0 Å². The lowest BCUT2D eigenvalue weighted by Crippen LogP contribution is -2.04. The van der Waals surface area contributed by atoms with Gasteiger partial charge >= 0.3 is 0 Å². The quantitative estimate of drug-likeness (QED) is 0.798. The largest absolute Gasteiger partial charge is 0.493 e. The van der Waals surface area contributed by atoms with Gasteiger partial charge in [-0.3, -0.25) is 0 Å². The van der Waals surface area contributed by atoms with Crippen LogP contribution in [0.5, 0.6) is 5.75 Å². The fourth-order valence-electron chi connectivity index (χ4n) is 1.04. The van der Waals surface area contributed by atoms with E-state index >= 15 is 0 Å². The van der Waals surface area contributed by atoms with E-state index in [1.165, 1.54) is 13.2 Å². The molecule has 6 heteroatoms. The summed E-state index contributed by atoms with van der Waals surface area (Å²) >= 11 is 5.63. The minimum atomic E-state index is -2.66. The number of hydrogen-bond acceptors (Lipinski definition) is 3. The summed E-state index contributed by atoms with van der Waals surface area (Å²) in [5, 5.41) is -0.0919. The van der Waals surface area contributed by atoms with Gasteiger partial charge in [-0.1, -0.05) is 11.6 Å². The number of aromatic nitrogens is 1. The van der Waals surface area contributed by atoms with Crippen molar-refractivity contribution in [3.8, 4) is 5.75 Å². The number of nitrogens with zero attached hydrogens (tertiary/aromatic N) is 1. The number of nitrogens with two attached hydrogens (primary N) is 1. The average molecular weight is 223 g/mol. The summed E-state index contributed by atoms with van der Waals surface area (Å²) in [6.45, 7) is 0.0590. The number of alkyl halides is 2. The zero-order valence-corrected chi connectivity index (χ0v) is 8.18. The molecule has 1 heterocycles. The maximum atomic E-state index is 12.5. The van der Waals surface area contributed by atoms with E-state index in [4.69, 9.17) is 22.1 Å². The van der Waals surface area contributed by atoms with Crippen LogP contribution in [0.25, 0.3) is 0 Å². The number of halogens is 3. The summed E-state index contributed by atoms with van der Waals surface area (Å²) in [5.74, 6) is -0.0983. The highest BCUT2D eigenvalue weighted by Gasteiger charge is 2.18. The number of pyridine rings is 1. The topological polar surface area (TPSA) is 48.1 Å². The number of methoxy groups -OCH3 is 1. The molecule has 0 aliphatic heterocycles.